The van der Waals surface area contributed by atoms with Crippen LogP contribution in [0.2, 0.25) is 5.02 Å². The van der Waals surface area contributed by atoms with E-state index in [2.05, 4.69) is 14.9 Å². The largest absolute Gasteiger partial charge is 0.352 e. The molecular weight excluding hydrogens is 300 g/mol. The highest BCUT2D eigenvalue weighted by molar-refractivity contribution is 6.32. The molecule has 1 saturated heterocycles. The fourth-order valence-corrected chi connectivity index (χ4v) is 2.79. The minimum atomic E-state index is 0.116. The van der Waals surface area contributed by atoms with Gasteiger partial charge in [-0.05, 0) is 24.3 Å². The Labute approximate surface area is 134 Å². The van der Waals surface area contributed by atoms with Crippen LogP contribution in [0.15, 0.2) is 42.7 Å². The van der Waals surface area contributed by atoms with Crippen LogP contribution < -0.4 is 4.90 Å². The van der Waals surface area contributed by atoms with E-state index in [4.69, 9.17) is 11.6 Å². The Balaban J connectivity index is 1.58. The number of hydrogen-bond acceptors (Lipinski definition) is 4. The molecule has 0 aliphatic carbocycles. The van der Waals surface area contributed by atoms with E-state index in [9.17, 15) is 4.79 Å². The summed E-state index contributed by atoms with van der Waals surface area (Å²) in [5.41, 5.74) is 0.808. The number of aromatic nitrogens is 2. The number of carbonyl (C=O) groups excluding carboxylic acids is 1. The van der Waals surface area contributed by atoms with Crippen molar-refractivity contribution >= 4 is 23.3 Å². The lowest BCUT2D eigenvalue weighted by molar-refractivity contribution is -0.130. The minimum Gasteiger partial charge on any atom is -0.352 e. The minimum absolute atomic E-state index is 0.116. The number of carbonyl (C=O) groups is 1. The second kappa shape index (κ2) is 6.75. The molecule has 0 atom stereocenters. The Morgan fingerprint density at radius 3 is 2.50 bits per heavy atom. The third-order valence-corrected chi connectivity index (χ3v) is 4.02. The van der Waals surface area contributed by atoms with Crippen LogP contribution in [-0.4, -0.2) is 47.0 Å². The smallest absolute Gasteiger partial charge is 0.228 e. The number of pyridine rings is 2. The second-order valence-corrected chi connectivity index (χ2v) is 5.58. The predicted octanol–water partition coefficient (Wildman–Crippen LogP) is 2.02. The van der Waals surface area contributed by atoms with Gasteiger partial charge >= 0.3 is 0 Å². The highest BCUT2D eigenvalue weighted by Crippen LogP contribution is 2.23. The van der Waals surface area contributed by atoms with Gasteiger partial charge in [0.2, 0.25) is 5.91 Å². The Kier molecular flexibility index (Phi) is 4.53. The first kappa shape index (κ1) is 14.8. The number of piperazine rings is 1. The van der Waals surface area contributed by atoms with Crippen molar-refractivity contribution in [3.8, 4) is 0 Å². The van der Waals surface area contributed by atoms with E-state index in [1.807, 2.05) is 35.2 Å². The zero-order chi connectivity index (χ0) is 15.4. The molecule has 1 aliphatic heterocycles. The van der Waals surface area contributed by atoms with Crippen molar-refractivity contribution in [3.05, 3.63) is 53.4 Å². The third kappa shape index (κ3) is 3.36. The maximum atomic E-state index is 12.3. The first-order chi connectivity index (χ1) is 10.7. The summed E-state index contributed by atoms with van der Waals surface area (Å²) in [7, 11) is 0. The summed E-state index contributed by atoms with van der Waals surface area (Å²) in [5, 5.41) is 0.649. The van der Waals surface area contributed by atoms with Gasteiger partial charge in [-0.3, -0.25) is 9.78 Å². The number of hydrogen-bond donors (Lipinski definition) is 0. The molecule has 0 N–H and O–H groups in total. The summed E-state index contributed by atoms with van der Waals surface area (Å²) < 4.78 is 0. The first-order valence-electron chi connectivity index (χ1n) is 7.27. The SMILES string of the molecule is O=C(Cc1ccccn1)N1CCN(c2ncccc2Cl)CC1. The molecule has 114 valence electrons. The van der Waals surface area contributed by atoms with E-state index in [0.29, 0.717) is 24.5 Å². The van der Waals surface area contributed by atoms with Crippen LogP contribution in [0, 0.1) is 0 Å². The van der Waals surface area contributed by atoms with Crippen LogP contribution in [0.1, 0.15) is 5.69 Å². The van der Waals surface area contributed by atoms with E-state index < -0.39 is 0 Å². The van der Waals surface area contributed by atoms with Gasteiger partial charge in [-0.2, -0.15) is 0 Å². The number of amides is 1. The Morgan fingerprint density at radius 2 is 1.82 bits per heavy atom. The Hall–Kier alpha value is -2.14. The second-order valence-electron chi connectivity index (χ2n) is 5.17. The monoisotopic (exact) mass is 316 g/mol. The normalized spacial score (nSPS) is 15.0. The van der Waals surface area contributed by atoms with Crippen LogP contribution in [0.3, 0.4) is 0 Å². The molecule has 6 heteroatoms. The van der Waals surface area contributed by atoms with E-state index in [1.165, 1.54) is 0 Å². The fraction of sp³-hybridized carbons (Fsp3) is 0.312. The van der Waals surface area contributed by atoms with Gasteiger partial charge in [-0.1, -0.05) is 17.7 Å². The van der Waals surface area contributed by atoms with Gasteiger partial charge in [0.05, 0.1) is 11.4 Å². The molecule has 22 heavy (non-hydrogen) atoms. The summed E-state index contributed by atoms with van der Waals surface area (Å²) in [5.74, 6) is 0.909. The molecule has 0 aromatic carbocycles. The maximum Gasteiger partial charge on any atom is 0.228 e. The molecule has 0 radical (unpaired) electrons. The topological polar surface area (TPSA) is 49.3 Å². The van der Waals surface area contributed by atoms with Crippen molar-refractivity contribution in [2.24, 2.45) is 0 Å². The summed E-state index contributed by atoms with van der Waals surface area (Å²) >= 11 is 6.17. The van der Waals surface area contributed by atoms with E-state index in [1.54, 1.807) is 12.4 Å². The lowest BCUT2D eigenvalue weighted by Crippen LogP contribution is -2.49. The summed E-state index contributed by atoms with van der Waals surface area (Å²) in [4.78, 5) is 24.8. The van der Waals surface area contributed by atoms with Crippen molar-refractivity contribution in [1.82, 2.24) is 14.9 Å². The van der Waals surface area contributed by atoms with E-state index in [-0.39, 0.29) is 5.91 Å². The van der Waals surface area contributed by atoms with Gasteiger partial charge in [0.25, 0.3) is 0 Å². The van der Waals surface area contributed by atoms with Gasteiger partial charge in [0, 0.05) is 44.3 Å². The summed E-state index contributed by atoms with van der Waals surface area (Å²) in [6.07, 6.45) is 3.80. The zero-order valence-electron chi connectivity index (χ0n) is 12.2. The molecule has 2 aromatic heterocycles. The predicted molar refractivity (Wildman–Crippen MR) is 86.0 cm³/mol. The molecule has 0 unspecified atom stereocenters. The number of rotatable bonds is 3. The fourth-order valence-electron chi connectivity index (χ4n) is 2.55. The Morgan fingerprint density at radius 1 is 1.05 bits per heavy atom. The van der Waals surface area contributed by atoms with E-state index in [0.717, 1.165) is 24.6 Å². The van der Waals surface area contributed by atoms with E-state index >= 15 is 0 Å². The first-order valence-corrected chi connectivity index (χ1v) is 7.65. The maximum absolute atomic E-state index is 12.3. The standard InChI is InChI=1S/C16H17ClN4O/c17-14-5-3-7-19-16(14)21-10-8-20(9-11-21)15(22)12-13-4-1-2-6-18-13/h1-7H,8-12H2. The van der Waals surface area contributed by atoms with Crippen molar-refractivity contribution < 1.29 is 4.79 Å². The lowest BCUT2D eigenvalue weighted by Gasteiger charge is -2.35. The van der Waals surface area contributed by atoms with Gasteiger partial charge in [0.15, 0.2) is 0 Å². The molecule has 0 spiro atoms. The highest BCUT2D eigenvalue weighted by Gasteiger charge is 2.23. The van der Waals surface area contributed by atoms with Crippen molar-refractivity contribution in [2.75, 3.05) is 31.1 Å². The molecule has 3 heterocycles. The highest BCUT2D eigenvalue weighted by atomic mass is 35.5. The van der Waals surface area contributed by atoms with Crippen LogP contribution in [-0.2, 0) is 11.2 Å². The molecular formula is C16H17ClN4O. The summed E-state index contributed by atoms with van der Waals surface area (Å²) in [6, 6.07) is 9.28. The average molecular weight is 317 g/mol. The van der Waals surface area contributed by atoms with Crippen LogP contribution in [0.5, 0.6) is 0 Å². The Bertz CT molecular complexity index is 642. The van der Waals surface area contributed by atoms with Crippen molar-refractivity contribution in [1.29, 1.82) is 0 Å². The van der Waals surface area contributed by atoms with Crippen LogP contribution in [0.25, 0.3) is 0 Å². The molecule has 3 rings (SSSR count). The molecule has 0 saturated carbocycles. The molecule has 1 amide bonds. The van der Waals surface area contributed by atoms with Gasteiger partial charge < -0.3 is 9.80 Å². The lowest BCUT2D eigenvalue weighted by atomic mass is 10.2. The van der Waals surface area contributed by atoms with Gasteiger partial charge in [-0.25, -0.2) is 4.98 Å². The molecule has 5 nitrogen and oxygen atoms in total. The summed E-state index contributed by atoms with van der Waals surface area (Å²) in [6.45, 7) is 2.84. The number of halogens is 1. The van der Waals surface area contributed by atoms with Crippen LogP contribution >= 0.6 is 11.6 Å². The molecule has 1 aliphatic rings. The quantitative estimate of drug-likeness (QED) is 0.869. The van der Waals surface area contributed by atoms with Gasteiger partial charge in [0.1, 0.15) is 5.82 Å². The van der Waals surface area contributed by atoms with Crippen molar-refractivity contribution in [3.63, 3.8) is 0 Å². The zero-order valence-corrected chi connectivity index (χ0v) is 12.9. The molecule has 2 aromatic rings. The molecule has 0 bridgehead atoms. The number of nitrogens with zero attached hydrogens (tertiary/aromatic N) is 4. The molecule has 1 fully saturated rings. The van der Waals surface area contributed by atoms with Gasteiger partial charge in [-0.15, -0.1) is 0 Å². The third-order valence-electron chi connectivity index (χ3n) is 3.73. The van der Waals surface area contributed by atoms with Crippen molar-refractivity contribution in [2.45, 2.75) is 6.42 Å². The average Bonchev–Trinajstić information content (AvgIpc) is 2.56. The number of anilines is 1. The van der Waals surface area contributed by atoms with Crippen LogP contribution in [0.4, 0.5) is 5.82 Å².